The summed E-state index contributed by atoms with van der Waals surface area (Å²) in [6.45, 7) is 7.41. The molecule has 0 aliphatic carbocycles. The first-order chi connectivity index (χ1) is 15.4. The van der Waals surface area contributed by atoms with Gasteiger partial charge in [0, 0.05) is 28.8 Å². The van der Waals surface area contributed by atoms with E-state index in [1.807, 2.05) is 30.3 Å². The highest BCUT2D eigenvalue weighted by atomic mass is 16.5. The van der Waals surface area contributed by atoms with E-state index in [2.05, 4.69) is 29.5 Å². The van der Waals surface area contributed by atoms with Crippen LogP contribution < -0.4 is 16.4 Å². The summed E-state index contributed by atoms with van der Waals surface area (Å²) >= 11 is 0. The predicted molar refractivity (Wildman–Crippen MR) is 129 cm³/mol. The zero-order valence-electron chi connectivity index (χ0n) is 18.9. The van der Waals surface area contributed by atoms with Crippen molar-refractivity contribution in [2.75, 3.05) is 23.8 Å². The fourth-order valence-corrected chi connectivity index (χ4v) is 3.37. The van der Waals surface area contributed by atoms with Crippen LogP contribution in [-0.2, 0) is 16.0 Å². The maximum atomic E-state index is 12.6. The first-order valence-electron chi connectivity index (χ1n) is 11.0. The monoisotopic (exact) mass is 436 g/mol. The van der Waals surface area contributed by atoms with Gasteiger partial charge in [0.1, 0.15) is 5.69 Å². The minimum Gasteiger partial charge on any atom is -0.461 e. The Labute approximate surface area is 188 Å². The smallest absolute Gasteiger partial charge is 0.354 e. The van der Waals surface area contributed by atoms with Crippen LogP contribution in [0, 0.1) is 5.92 Å². The Kier molecular flexibility index (Phi) is 7.89. The Morgan fingerprint density at radius 1 is 1.06 bits per heavy atom. The van der Waals surface area contributed by atoms with E-state index >= 15 is 0 Å². The Balaban J connectivity index is 1.56. The number of nitrogens with one attached hydrogen (secondary N) is 3. The fraction of sp³-hybridized carbons (Fsp3) is 0.360. The van der Waals surface area contributed by atoms with E-state index in [-0.39, 0.29) is 5.91 Å². The number of anilines is 2. The number of esters is 1. The molecule has 0 aliphatic heterocycles. The van der Waals surface area contributed by atoms with Gasteiger partial charge in [-0.2, -0.15) is 0 Å². The van der Waals surface area contributed by atoms with E-state index in [0.717, 1.165) is 35.1 Å². The molecular formula is C25H32N4O3. The molecular weight excluding hydrogens is 404 g/mol. The number of hydrogen-bond donors (Lipinski definition) is 4. The number of hydrogen-bond acceptors (Lipinski definition) is 5. The topological polar surface area (TPSA) is 109 Å². The van der Waals surface area contributed by atoms with Crippen LogP contribution in [0.1, 0.15) is 43.2 Å². The summed E-state index contributed by atoms with van der Waals surface area (Å²) in [5.74, 6) is -0.00190. The second kappa shape index (κ2) is 10.8. The van der Waals surface area contributed by atoms with Gasteiger partial charge in [-0.05, 0) is 67.6 Å². The summed E-state index contributed by atoms with van der Waals surface area (Å²) in [5.41, 5.74) is 10.0. The lowest BCUT2D eigenvalue weighted by atomic mass is 10.1. The van der Waals surface area contributed by atoms with Crippen LogP contribution in [0.2, 0.25) is 0 Å². The lowest BCUT2D eigenvalue weighted by molar-refractivity contribution is -0.117. The zero-order chi connectivity index (χ0) is 23.1. The maximum absolute atomic E-state index is 12.6. The van der Waals surface area contributed by atoms with Crippen molar-refractivity contribution in [1.82, 2.24) is 4.98 Å². The lowest BCUT2D eigenvalue weighted by Gasteiger charge is -2.13. The van der Waals surface area contributed by atoms with Crippen molar-refractivity contribution >= 4 is 34.2 Å². The van der Waals surface area contributed by atoms with Gasteiger partial charge in [-0.15, -0.1) is 0 Å². The van der Waals surface area contributed by atoms with Gasteiger partial charge in [0.25, 0.3) is 0 Å². The van der Waals surface area contributed by atoms with E-state index < -0.39 is 12.0 Å². The highest BCUT2D eigenvalue weighted by molar-refractivity contribution is 5.99. The Morgan fingerprint density at radius 2 is 1.78 bits per heavy atom. The molecule has 3 aromatic rings. The summed E-state index contributed by atoms with van der Waals surface area (Å²) < 4.78 is 5.02. The van der Waals surface area contributed by atoms with E-state index in [4.69, 9.17) is 10.5 Å². The summed E-state index contributed by atoms with van der Waals surface area (Å²) in [4.78, 5) is 27.5. The Morgan fingerprint density at radius 3 is 2.47 bits per heavy atom. The van der Waals surface area contributed by atoms with Gasteiger partial charge in [0.2, 0.25) is 5.91 Å². The van der Waals surface area contributed by atoms with Crippen LogP contribution in [-0.4, -0.2) is 36.1 Å². The number of carbonyl (C=O) groups is 2. The van der Waals surface area contributed by atoms with Crippen molar-refractivity contribution in [3.05, 3.63) is 59.8 Å². The number of aromatic amines is 1. The number of fused-ring (bicyclic) bond motifs is 1. The molecule has 7 heteroatoms. The van der Waals surface area contributed by atoms with Crippen LogP contribution in [0.5, 0.6) is 0 Å². The van der Waals surface area contributed by atoms with Gasteiger partial charge in [-0.1, -0.05) is 26.0 Å². The summed E-state index contributed by atoms with van der Waals surface area (Å²) in [5, 5.41) is 7.07. The van der Waals surface area contributed by atoms with Crippen LogP contribution in [0.4, 0.5) is 11.4 Å². The quantitative estimate of drug-likeness (QED) is 0.354. The number of amides is 1. The SMILES string of the molecule is CCOC(=O)c1cc2cc(NC(=O)[C@@H](N)Cc3ccc(NCCC(C)C)cc3)ccc2[nH]1. The third-order valence-corrected chi connectivity index (χ3v) is 5.18. The van der Waals surface area contributed by atoms with Crippen molar-refractivity contribution in [1.29, 1.82) is 0 Å². The minimum absolute atomic E-state index is 0.260. The zero-order valence-corrected chi connectivity index (χ0v) is 18.9. The Bertz CT molecular complexity index is 1060. The highest BCUT2D eigenvalue weighted by Crippen LogP contribution is 2.21. The van der Waals surface area contributed by atoms with Gasteiger partial charge in [0.15, 0.2) is 0 Å². The van der Waals surface area contributed by atoms with E-state index in [0.29, 0.717) is 30.3 Å². The van der Waals surface area contributed by atoms with Gasteiger partial charge in [0.05, 0.1) is 12.6 Å². The molecule has 32 heavy (non-hydrogen) atoms. The Hall–Kier alpha value is -3.32. The van der Waals surface area contributed by atoms with Crippen LogP contribution in [0.25, 0.3) is 10.9 Å². The van der Waals surface area contributed by atoms with Gasteiger partial charge in [-0.3, -0.25) is 4.79 Å². The molecule has 0 saturated carbocycles. The molecule has 0 bridgehead atoms. The van der Waals surface area contributed by atoms with Crippen molar-refractivity contribution in [3.8, 4) is 0 Å². The molecule has 2 aromatic carbocycles. The number of carbonyl (C=O) groups excluding carboxylic acids is 2. The minimum atomic E-state index is -0.674. The van der Waals surface area contributed by atoms with Crippen molar-refractivity contribution in [2.45, 2.75) is 39.7 Å². The van der Waals surface area contributed by atoms with Crippen LogP contribution in [0.3, 0.4) is 0 Å². The second-order valence-corrected chi connectivity index (χ2v) is 8.31. The van der Waals surface area contributed by atoms with E-state index in [1.165, 1.54) is 0 Å². The van der Waals surface area contributed by atoms with Crippen LogP contribution in [0.15, 0.2) is 48.5 Å². The standard InChI is InChI=1S/C25H32N4O3/c1-4-32-25(31)23-15-18-14-20(9-10-22(18)29-23)28-24(30)21(26)13-17-5-7-19(8-6-17)27-12-11-16(2)3/h5-10,14-16,21,27,29H,4,11-13,26H2,1-3H3,(H,28,30)/t21-/m0/s1. The summed E-state index contributed by atoms with van der Waals surface area (Å²) in [7, 11) is 0. The van der Waals surface area contributed by atoms with Crippen LogP contribution >= 0.6 is 0 Å². The number of ether oxygens (including phenoxy) is 1. The average Bonchev–Trinajstić information content (AvgIpc) is 3.18. The largest absolute Gasteiger partial charge is 0.461 e. The molecule has 0 unspecified atom stereocenters. The molecule has 0 fully saturated rings. The molecule has 1 aromatic heterocycles. The van der Waals surface area contributed by atoms with Crippen molar-refractivity contribution in [3.63, 3.8) is 0 Å². The third-order valence-electron chi connectivity index (χ3n) is 5.18. The molecule has 1 atom stereocenters. The molecule has 0 saturated heterocycles. The maximum Gasteiger partial charge on any atom is 0.354 e. The number of aromatic nitrogens is 1. The second-order valence-electron chi connectivity index (χ2n) is 8.31. The third kappa shape index (κ3) is 6.34. The number of nitrogens with two attached hydrogens (primary N) is 1. The predicted octanol–water partition coefficient (Wildman–Crippen LogP) is 4.31. The fourth-order valence-electron chi connectivity index (χ4n) is 3.37. The first kappa shape index (κ1) is 23.3. The molecule has 170 valence electrons. The van der Waals surface area contributed by atoms with Gasteiger partial charge >= 0.3 is 5.97 Å². The normalized spacial score (nSPS) is 12.0. The summed E-state index contributed by atoms with van der Waals surface area (Å²) in [6, 6.07) is 14.4. The number of H-pyrrole nitrogens is 1. The molecule has 5 N–H and O–H groups in total. The first-order valence-corrected chi connectivity index (χ1v) is 11.0. The summed E-state index contributed by atoms with van der Waals surface area (Å²) in [6.07, 6.45) is 1.56. The number of benzene rings is 2. The molecule has 0 spiro atoms. The van der Waals surface area contributed by atoms with Crippen molar-refractivity contribution in [2.24, 2.45) is 11.7 Å². The van der Waals surface area contributed by atoms with E-state index in [9.17, 15) is 9.59 Å². The molecule has 3 rings (SSSR count). The van der Waals surface area contributed by atoms with Gasteiger partial charge < -0.3 is 26.1 Å². The van der Waals surface area contributed by atoms with E-state index in [1.54, 1.807) is 25.1 Å². The molecule has 7 nitrogen and oxygen atoms in total. The molecule has 1 heterocycles. The highest BCUT2D eigenvalue weighted by Gasteiger charge is 2.16. The lowest BCUT2D eigenvalue weighted by Crippen LogP contribution is -2.37. The number of rotatable bonds is 10. The average molecular weight is 437 g/mol. The molecule has 0 aliphatic rings. The van der Waals surface area contributed by atoms with Gasteiger partial charge in [-0.25, -0.2) is 4.79 Å². The molecule has 1 amide bonds. The van der Waals surface area contributed by atoms with Crippen molar-refractivity contribution < 1.29 is 14.3 Å². The molecule has 0 radical (unpaired) electrons.